The Bertz CT molecular complexity index is 802. The number of nitrogens with one attached hydrogen (secondary N) is 1. The van der Waals surface area contributed by atoms with Gasteiger partial charge in [0, 0.05) is 11.4 Å². The highest BCUT2D eigenvalue weighted by molar-refractivity contribution is 7.14. The van der Waals surface area contributed by atoms with E-state index in [1.807, 2.05) is 6.07 Å². The van der Waals surface area contributed by atoms with Crippen molar-refractivity contribution in [3.63, 3.8) is 0 Å². The van der Waals surface area contributed by atoms with E-state index in [4.69, 9.17) is 4.74 Å². The van der Waals surface area contributed by atoms with E-state index in [2.05, 4.69) is 12.2 Å². The first-order valence-corrected chi connectivity index (χ1v) is 9.63. The van der Waals surface area contributed by atoms with E-state index < -0.39 is 5.97 Å². The monoisotopic (exact) mass is 375 g/mol. The van der Waals surface area contributed by atoms with Crippen LogP contribution in [-0.4, -0.2) is 25.0 Å². The summed E-state index contributed by atoms with van der Waals surface area (Å²) in [6.45, 7) is 2.18. The van der Waals surface area contributed by atoms with Gasteiger partial charge in [-0.3, -0.25) is 4.79 Å². The molecule has 0 radical (unpaired) electrons. The van der Waals surface area contributed by atoms with Crippen molar-refractivity contribution >= 4 is 23.2 Å². The predicted octanol–water partition coefficient (Wildman–Crippen LogP) is 3.53. The number of aryl methyl sites for hydroxylation is 1. The Morgan fingerprint density at radius 3 is 2.96 bits per heavy atom. The van der Waals surface area contributed by atoms with E-state index in [-0.39, 0.29) is 18.3 Å². The summed E-state index contributed by atoms with van der Waals surface area (Å²) in [7, 11) is 0. The van der Waals surface area contributed by atoms with Gasteiger partial charge in [-0.1, -0.05) is 25.1 Å². The second kappa shape index (κ2) is 8.45. The first kappa shape index (κ1) is 18.6. The van der Waals surface area contributed by atoms with Crippen molar-refractivity contribution in [2.75, 3.05) is 13.2 Å². The Labute approximate surface area is 156 Å². The number of ether oxygens (including phenoxy) is 1. The molecule has 3 rings (SSSR count). The van der Waals surface area contributed by atoms with E-state index in [9.17, 15) is 14.0 Å². The fraction of sp³-hybridized carbons (Fsp3) is 0.400. The second-order valence-electron chi connectivity index (χ2n) is 6.67. The molecule has 1 aromatic heterocycles. The van der Waals surface area contributed by atoms with Crippen molar-refractivity contribution in [2.24, 2.45) is 5.92 Å². The largest absolute Gasteiger partial charge is 0.451 e. The average Bonchev–Trinajstić information content (AvgIpc) is 3.04. The van der Waals surface area contributed by atoms with Crippen LogP contribution in [0.3, 0.4) is 0 Å². The summed E-state index contributed by atoms with van der Waals surface area (Å²) in [5, 5.41) is 2.64. The summed E-state index contributed by atoms with van der Waals surface area (Å²) in [5.74, 6) is -0.490. The van der Waals surface area contributed by atoms with Crippen LogP contribution in [0.15, 0.2) is 30.3 Å². The van der Waals surface area contributed by atoms with E-state index in [1.54, 1.807) is 18.2 Å². The normalized spacial score (nSPS) is 16.0. The van der Waals surface area contributed by atoms with Crippen LogP contribution in [0.1, 0.15) is 39.0 Å². The predicted molar refractivity (Wildman–Crippen MR) is 98.9 cm³/mol. The first-order chi connectivity index (χ1) is 12.5. The summed E-state index contributed by atoms with van der Waals surface area (Å²) in [4.78, 5) is 25.8. The lowest BCUT2D eigenvalue weighted by Gasteiger charge is -2.16. The molecule has 0 bridgehead atoms. The van der Waals surface area contributed by atoms with Gasteiger partial charge in [-0.25, -0.2) is 9.18 Å². The lowest BCUT2D eigenvalue weighted by Crippen LogP contribution is -2.30. The molecule has 1 atom stereocenters. The quantitative estimate of drug-likeness (QED) is 0.786. The topological polar surface area (TPSA) is 55.4 Å². The average molecular weight is 375 g/mol. The Kier molecular flexibility index (Phi) is 6.04. The van der Waals surface area contributed by atoms with Crippen molar-refractivity contribution in [1.82, 2.24) is 5.32 Å². The van der Waals surface area contributed by atoms with Gasteiger partial charge >= 0.3 is 5.97 Å². The highest BCUT2D eigenvalue weighted by atomic mass is 32.1. The maximum Gasteiger partial charge on any atom is 0.348 e. The van der Waals surface area contributed by atoms with Crippen molar-refractivity contribution in [3.8, 4) is 0 Å². The van der Waals surface area contributed by atoms with Gasteiger partial charge in [0.2, 0.25) is 0 Å². The number of carbonyl (C=O) groups excluding carboxylic acids is 2. The zero-order chi connectivity index (χ0) is 18.5. The molecule has 138 valence electrons. The number of hydrogen-bond acceptors (Lipinski definition) is 4. The number of halogens is 1. The lowest BCUT2D eigenvalue weighted by molar-refractivity contribution is -0.124. The number of esters is 1. The second-order valence-corrected chi connectivity index (χ2v) is 7.81. The SMILES string of the molecule is C[C@H]1CCc2sc(C(=O)OCC(=O)NCCc3ccccc3F)cc2C1. The van der Waals surface area contributed by atoms with Crippen LogP contribution in [0.2, 0.25) is 0 Å². The van der Waals surface area contributed by atoms with E-state index in [0.29, 0.717) is 29.3 Å². The molecular formula is C20H22FNO3S. The summed E-state index contributed by atoms with van der Waals surface area (Å²) >= 11 is 1.47. The molecular weight excluding hydrogens is 353 g/mol. The molecule has 0 fully saturated rings. The fourth-order valence-corrected chi connectivity index (χ4v) is 4.20. The van der Waals surface area contributed by atoms with Gasteiger partial charge in [-0.15, -0.1) is 11.3 Å². The van der Waals surface area contributed by atoms with Crippen LogP contribution in [0, 0.1) is 11.7 Å². The van der Waals surface area contributed by atoms with Crippen LogP contribution in [-0.2, 0) is 28.8 Å². The zero-order valence-corrected chi connectivity index (χ0v) is 15.5. The zero-order valence-electron chi connectivity index (χ0n) is 14.7. The first-order valence-electron chi connectivity index (χ1n) is 8.81. The van der Waals surface area contributed by atoms with Gasteiger partial charge in [0.15, 0.2) is 6.61 Å². The van der Waals surface area contributed by atoms with Gasteiger partial charge in [0.25, 0.3) is 5.91 Å². The molecule has 0 aliphatic heterocycles. The standard InChI is InChI=1S/C20H22FNO3S/c1-13-6-7-17-15(10-13)11-18(26-17)20(24)25-12-19(23)22-9-8-14-4-2-3-5-16(14)21/h2-5,11,13H,6-10,12H2,1H3,(H,22,23)/t13-/m0/s1. The maximum absolute atomic E-state index is 13.5. The third kappa shape index (κ3) is 4.69. The molecule has 0 saturated carbocycles. The third-order valence-corrected chi connectivity index (χ3v) is 5.76. The van der Waals surface area contributed by atoms with Gasteiger partial charge in [-0.2, -0.15) is 0 Å². The van der Waals surface area contributed by atoms with E-state index >= 15 is 0 Å². The minimum atomic E-state index is -0.457. The summed E-state index contributed by atoms with van der Waals surface area (Å²) in [6, 6.07) is 8.35. The van der Waals surface area contributed by atoms with Gasteiger partial charge in [0.05, 0.1) is 0 Å². The number of thiophene rings is 1. The Hall–Kier alpha value is -2.21. The molecule has 1 aromatic carbocycles. The van der Waals surface area contributed by atoms with Gasteiger partial charge < -0.3 is 10.1 Å². The Morgan fingerprint density at radius 1 is 1.35 bits per heavy atom. The van der Waals surface area contributed by atoms with Crippen LogP contribution >= 0.6 is 11.3 Å². The minimum Gasteiger partial charge on any atom is -0.451 e. The molecule has 0 spiro atoms. The third-order valence-electron chi connectivity index (χ3n) is 4.54. The summed E-state index contributed by atoms with van der Waals surface area (Å²) < 4.78 is 18.6. The molecule has 6 heteroatoms. The molecule has 0 unspecified atom stereocenters. The Morgan fingerprint density at radius 2 is 2.15 bits per heavy atom. The minimum absolute atomic E-state index is 0.288. The molecule has 0 saturated heterocycles. The van der Waals surface area contributed by atoms with E-state index in [0.717, 1.165) is 19.3 Å². The smallest absolute Gasteiger partial charge is 0.348 e. The number of hydrogen-bond donors (Lipinski definition) is 1. The maximum atomic E-state index is 13.5. The highest BCUT2D eigenvalue weighted by Gasteiger charge is 2.21. The number of benzene rings is 1. The van der Waals surface area contributed by atoms with E-state index in [1.165, 1.54) is 27.8 Å². The van der Waals surface area contributed by atoms with Gasteiger partial charge in [-0.05, 0) is 54.9 Å². The molecule has 26 heavy (non-hydrogen) atoms. The number of carbonyl (C=O) groups is 2. The summed E-state index contributed by atoms with van der Waals surface area (Å²) in [6.07, 6.45) is 3.54. The Balaban J connectivity index is 1.43. The number of amides is 1. The lowest BCUT2D eigenvalue weighted by atomic mass is 9.90. The van der Waals surface area contributed by atoms with Crippen LogP contribution < -0.4 is 5.32 Å². The van der Waals surface area contributed by atoms with Crippen molar-refractivity contribution in [3.05, 3.63) is 57.0 Å². The molecule has 1 N–H and O–H groups in total. The van der Waals surface area contributed by atoms with Crippen LogP contribution in [0.25, 0.3) is 0 Å². The van der Waals surface area contributed by atoms with Crippen LogP contribution in [0.4, 0.5) is 4.39 Å². The molecule has 2 aromatic rings. The van der Waals surface area contributed by atoms with Crippen molar-refractivity contribution < 1.29 is 18.7 Å². The van der Waals surface area contributed by atoms with Crippen molar-refractivity contribution in [2.45, 2.75) is 32.6 Å². The fourth-order valence-electron chi connectivity index (χ4n) is 3.10. The molecule has 1 heterocycles. The highest BCUT2D eigenvalue weighted by Crippen LogP contribution is 2.32. The number of rotatable bonds is 6. The van der Waals surface area contributed by atoms with Crippen LogP contribution in [0.5, 0.6) is 0 Å². The van der Waals surface area contributed by atoms with Crippen molar-refractivity contribution in [1.29, 1.82) is 0 Å². The molecule has 1 amide bonds. The number of fused-ring (bicyclic) bond motifs is 1. The summed E-state index contributed by atoms with van der Waals surface area (Å²) in [5.41, 5.74) is 1.78. The van der Waals surface area contributed by atoms with Gasteiger partial charge in [0.1, 0.15) is 10.7 Å². The molecule has 1 aliphatic rings. The molecule has 1 aliphatic carbocycles. The molecule has 4 nitrogen and oxygen atoms in total.